The van der Waals surface area contributed by atoms with Gasteiger partial charge in [-0.1, -0.05) is 12.1 Å². The molecule has 0 fully saturated rings. The van der Waals surface area contributed by atoms with Crippen LogP contribution >= 0.6 is 0 Å². The van der Waals surface area contributed by atoms with E-state index in [0.29, 0.717) is 11.1 Å². The van der Waals surface area contributed by atoms with Gasteiger partial charge in [0.1, 0.15) is 0 Å². The van der Waals surface area contributed by atoms with Gasteiger partial charge in [0.05, 0.1) is 14.2 Å². The van der Waals surface area contributed by atoms with Crippen LogP contribution in [0.3, 0.4) is 0 Å². The predicted molar refractivity (Wildman–Crippen MR) is 122 cm³/mol. The third kappa shape index (κ3) is 7.52. The molecule has 4 N–H and O–H groups in total. The van der Waals surface area contributed by atoms with Gasteiger partial charge in [0.15, 0.2) is 23.0 Å². The third-order valence-corrected chi connectivity index (χ3v) is 4.48. The molecule has 0 aliphatic heterocycles. The third-order valence-electron chi connectivity index (χ3n) is 4.48. The first-order valence-corrected chi connectivity index (χ1v) is 10.0. The molecule has 0 unspecified atom stereocenters. The molecule has 0 bridgehead atoms. The average molecular weight is 502 g/mol. The molecule has 12 nitrogen and oxygen atoms in total. The molecule has 0 aliphatic carbocycles. The summed E-state index contributed by atoms with van der Waals surface area (Å²) in [6.07, 6.45) is -0.666. The molecule has 2 rings (SSSR count). The number of rotatable bonds is 11. The molecule has 190 valence electrons. The highest BCUT2D eigenvalue weighted by atomic mass is 16.6. The van der Waals surface area contributed by atoms with Crippen molar-refractivity contribution < 1.29 is 58.6 Å². The molecule has 0 aliphatic rings. The summed E-state index contributed by atoms with van der Waals surface area (Å²) in [4.78, 5) is 47.4. The van der Waals surface area contributed by atoms with Crippen LogP contribution in [-0.2, 0) is 28.7 Å². The van der Waals surface area contributed by atoms with Crippen molar-refractivity contribution in [3.8, 4) is 23.0 Å². The van der Waals surface area contributed by atoms with E-state index in [4.69, 9.17) is 18.9 Å². The van der Waals surface area contributed by atoms with Crippen LogP contribution in [0.1, 0.15) is 11.1 Å². The summed E-state index contributed by atoms with van der Waals surface area (Å²) in [6.45, 7) is 0. The zero-order chi connectivity index (χ0) is 26.8. The summed E-state index contributed by atoms with van der Waals surface area (Å²) >= 11 is 0. The molecule has 2 aromatic carbocycles. The second-order valence-electron chi connectivity index (χ2n) is 6.92. The molecule has 2 aromatic rings. The fourth-order valence-corrected chi connectivity index (χ4v) is 2.74. The van der Waals surface area contributed by atoms with Gasteiger partial charge in [-0.3, -0.25) is 0 Å². The molecule has 0 aromatic heterocycles. The first-order valence-electron chi connectivity index (χ1n) is 10.0. The molecular weight excluding hydrogens is 480 g/mol. The highest BCUT2D eigenvalue weighted by Gasteiger charge is 2.40. The fourth-order valence-electron chi connectivity index (χ4n) is 2.74. The Hall–Kier alpha value is -5.00. The van der Waals surface area contributed by atoms with Gasteiger partial charge in [-0.25, -0.2) is 19.2 Å². The minimum Gasteiger partial charge on any atom is -0.504 e. The Morgan fingerprint density at radius 1 is 0.694 bits per heavy atom. The highest BCUT2D eigenvalue weighted by molar-refractivity contribution is 5.93. The number of phenolic OH excluding ortho intramolecular Hbond substituents is 2. The Bertz CT molecular complexity index is 1100. The van der Waals surface area contributed by atoms with Crippen molar-refractivity contribution in [1.29, 1.82) is 0 Å². The standard InChI is InChI=1S/C24H22O12/c1-33-17-11-13(3-7-15(17)25)5-9-19(27)35-21(23(29)30)22(24(31)32)36-20(28)10-6-14-4-8-16(26)18(12-14)34-2/h3-12,21-22,25-26H,1-2H3,(H,29,30)(H,31,32)/b9-5+,10-6+/t21-,22-/m0/s1. The Morgan fingerprint density at radius 3 is 1.36 bits per heavy atom. The van der Waals surface area contributed by atoms with Gasteiger partial charge in [0.2, 0.25) is 12.2 Å². The van der Waals surface area contributed by atoms with Crippen molar-refractivity contribution in [1.82, 2.24) is 0 Å². The molecule has 36 heavy (non-hydrogen) atoms. The number of methoxy groups -OCH3 is 2. The Balaban J connectivity index is 2.12. The van der Waals surface area contributed by atoms with Crippen molar-refractivity contribution in [2.45, 2.75) is 12.2 Å². The van der Waals surface area contributed by atoms with E-state index in [1.807, 2.05) is 0 Å². The smallest absolute Gasteiger partial charge is 0.349 e. The lowest BCUT2D eigenvalue weighted by atomic mass is 10.1. The van der Waals surface area contributed by atoms with E-state index >= 15 is 0 Å². The van der Waals surface area contributed by atoms with Gasteiger partial charge < -0.3 is 39.4 Å². The molecule has 0 saturated carbocycles. The zero-order valence-corrected chi connectivity index (χ0v) is 19.0. The van der Waals surface area contributed by atoms with Crippen LogP contribution in [0.4, 0.5) is 0 Å². The molecule has 0 saturated heterocycles. The number of carboxylic acids is 2. The van der Waals surface area contributed by atoms with Crippen LogP contribution in [-0.4, -0.2) is 70.7 Å². The number of carbonyl (C=O) groups excluding carboxylic acids is 2. The number of hydrogen-bond acceptors (Lipinski definition) is 10. The minimum atomic E-state index is -2.36. The van der Waals surface area contributed by atoms with E-state index < -0.39 is 36.1 Å². The lowest BCUT2D eigenvalue weighted by molar-refractivity contribution is -0.183. The number of carboxylic acid groups (broad SMARTS) is 2. The summed E-state index contributed by atoms with van der Waals surface area (Å²) in [7, 11) is 2.64. The van der Waals surface area contributed by atoms with Gasteiger partial charge >= 0.3 is 23.9 Å². The number of ether oxygens (including phenoxy) is 4. The highest BCUT2D eigenvalue weighted by Crippen LogP contribution is 2.27. The maximum atomic E-state index is 12.1. The summed E-state index contributed by atoms with van der Waals surface area (Å²) in [6, 6.07) is 8.21. The number of aromatic hydroxyl groups is 2. The Kier molecular flexibility index (Phi) is 9.43. The fraction of sp³-hybridized carbons (Fsp3) is 0.167. The Labute approximate surface area is 204 Å². The SMILES string of the molecule is COc1cc(/C=C/C(=O)O[C@H](C(=O)O)[C@H](OC(=O)/C=C/c2ccc(O)c(OC)c2)C(=O)O)ccc1O. The van der Waals surface area contributed by atoms with Crippen LogP contribution in [0, 0.1) is 0 Å². The van der Waals surface area contributed by atoms with Gasteiger partial charge in [-0.2, -0.15) is 0 Å². The molecule has 0 heterocycles. The molecule has 0 amide bonds. The number of aliphatic carboxylic acids is 2. The van der Waals surface area contributed by atoms with Crippen molar-refractivity contribution in [2.75, 3.05) is 14.2 Å². The normalized spacial score (nSPS) is 12.6. The second-order valence-corrected chi connectivity index (χ2v) is 6.92. The molecule has 0 spiro atoms. The van der Waals surface area contributed by atoms with Crippen LogP contribution in [0.5, 0.6) is 23.0 Å². The second kappa shape index (κ2) is 12.5. The van der Waals surface area contributed by atoms with Crippen molar-refractivity contribution in [2.24, 2.45) is 0 Å². The number of benzene rings is 2. The summed E-state index contributed by atoms with van der Waals surface area (Å²) < 4.78 is 19.3. The van der Waals surface area contributed by atoms with Gasteiger partial charge in [-0.05, 0) is 47.5 Å². The zero-order valence-electron chi connectivity index (χ0n) is 19.0. The molecule has 2 atom stereocenters. The first kappa shape index (κ1) is 27.2. The number of carbonyl (C=O) groups is 4. The van der Waals surface area contributed by atoms with Crippen LogP contribution in [0.2, 0.25) is 0 Å². The van der Waals surface area contributed by atoms with E-state index in [0.717, 1.165) is 12.2 Å². The quantitative estimate of drug-likeness (QED) is 0.258. The van der Waals surface area contributed by atoms with Crippen LogP contribution < -0.4 is 9.47 Å². The average Bonchev–Trinajstić information content (AvgIpc) is 2.84. The number of hydrogen-bond donors (Lipinski definition) is 4. The summed E-state index contributed by atoms with van der Waals surface area (Å²) in [5, 5.41) is 37.9. The number of esters is 2. The van der Waals surface area contributed by atoms with E-state index in [2.05, 4.69) is 0 Å². The Morgan fingerprint density at radius 2 is 1.06 bits per heavy atom. The lowest BCUT2D eigenvalue weighted by Crippen LogP contribution is -2.45. The summed E-state index contributed by atoms with van der Waals surface area (Å²) in [5.74, 6) is -6.25. The van der Waals surface area contributed by atoms with Crippen molar-refractivity contribution in [3.63, 3.8) is 0 Å². The lowest BCUT2D eigenvalue weighted by Gasteiger charge is -2.19. The van der Waals surface area contributed by atoms with E-state index in [1.165, 1.54) is 62.8 Å². The predicted octanol–water partition coefficient (Wildman–Crippen LogP) is 1.83. The van der Waals surface area contributed by atoms with Crippen molar-refractivity contribution >= 4 is 36.0 Å². The summed E-state index contributed by atoms with van der Waals surface area (Å²) in [5.41, 5.74) is 0.761. The molecule has 0 radical (unpaired) electrons. The van der Waals surface area contributed by atoms with E-state index in [1.54, 1.807) is 0 Å². The van der Waals surface area contributed by atoms with E-state index in [9.17, 15) is 39.6 Å². The van der Waals surface area contributed by atoms with Crippen molar-refractivity contribution in [3.05, 3.63) is 59.7 Å². The molecule has 12 heteroatoms. The maximum absolute atomic E-state index is 12.1. The van der Waals surface area contributed by atoms with E-state index in [-0.39, 0.29) is 23.0 Å². The van der Waals surface area contributed by atoms with Gasteiger partial charge in [0.25, 0.3) is 0 Å². The van der Waals surface area contributed by atoms with Crippen LogP contribution in [0.25, 0.3) is 12.2 Å². The maximum Gasteiger partial charge on any atom is 0.349 e. The first-order chi connectivity index (χ1) is 17.0. The minimum absolute atomic E-state index is 0.116. The van der Waals surface area contributed by atoms with Crippen LogP contribution in [0.15, 0.2) is 48.6 Å². The number of phenols is 2. The largest absolute Gasteiger partial charge is 0.504 e. The van der Waals surface area contributed by atoms with Gasteiger partial charge in [0, 0.05) is 12.2 Å². The van der Waals surface area contributed by atoms with Gasteiger partial charge in [-0.15, -0.1) is 0 Å². The molecular formula is C24H22O12. The topological polar surface area (TPSA) is 186 Å². The monoisotopic (exact) mass is 502 g/mol.